The maximum absolute atomic E-state index is 4.08. The predicted octanol–water partition coefficient (Wildman–Crippen LogP) is 4.01. The third kappa shape index (κ3) is 6.21. The van der Waals surface area contributed by atoms with Gasteiger partial charge in [-0.1, -0.05) is 19.1 Å². The molecule has 0 aromatic carbocycles. The van der Waals surface area contributed by atoms with Crippen LogP contribution in [0.15, 0.2) is 25.3 Å². The summed E-state index contributed by atoms with van der Waals surface area (Å²) in [4.78, 5) is 0. The monoisotopic (exact) mass is 165 g/mol. The molecule has 0 heterocycles. The van der Waals surface area contributed by atoms with Gasteiger partial charge < -0.3 is 0 Å². The SMILES string of the molecule is [CH2]C(CC=C)CC(C)CCC=C. The number of hydrogen-bond donors (Lipinski definition) is 0. The molecule has 2 unspecified atom stereocenters. The molecule has 0 N–H and O–H groups in total. The fourth-order valence-corrected chi connectivity index (χ4v) is 1.42. The highest BCUT2D eigenvalue weighted by Crippen LogP contribution is 2.18. The van der Waals surface area contributed by atoms with Crippen molar-refractivity contribution in [2.24, 2.45) is 11.8 Å². The first-order valence-electron chi connectivity index (χ1n) is 4.75. The van der Waals surface area contributed by atoms with E-state index in [2.05, 4.69) is 27.0 Å². The molecule has 0 bridgehead atoms. The van der Waals surface area contributed by atoms with Gasteiger partial charge in [-0.2, -0.15) is 0 Å². The van der Waals surface area contributed by atoms with Crippen LogP contribution in [0.4, 0.5) is 0 Å². The molecule has 0 aliphatic rings. The first kappa shape index (κ1) is 11.5. The van der Waals surface area contributed by atoms with E-state index in [1.54, 1.807) is 0 Å². The Morgan fingerprint density at radius 1 is 1.25 bits per heavy atom. The smallest absolute Gasteiger partial charge is 0.0325 e. The molecule has 0 spiro atoms. The second kappa shape index (κ2) is 7.15. The van der Waals surface area contributed by atoms with Gasteiger partial charge in [0, 0.05) is 0 Å². The fourth-order valence-electron chi connectivity index (χ4n) is 1.42. The molecule has 0 nitrogen and oxygen atoms in total. The minimum Gasteiger partial charge on any atom is -0.103 e. The second-order valence-electron chi connectivity index (χ2n) is 3.60. The number of rotatable bonds is 7. The van der Waals surface area contributed by atoms with Gasteiger partial charge in [-0.15, -0.1) is 13.2 Å². The molecule has 0 amide bonds. The van der Waals surface area contributed by atoms with Gasteiger partial charge in [0.05, 0.1) is 0 Å². The Balaban J connectivity index is 3.45. The Morgan fingerprint density at radius 3 is 2.42 bits per heavy atom. The molecule has 0 aromatic heterocycles. The lowest BCUT2D eigenvalue weighted by molar-refractivity contribution is 0.424. The van der Waals surface area contributed by atoms with Gasteiger partial charge in [0.25, 0.3) is 0 Å². The van der Waals surface area contributed by atoms with Crippen molar-refractivity contribution in [3.8, 4) is 0 Å². The van der Waals surface area contributed by atoms with Crippen LogP contribution < -0.4 is 0 Å². The molecule has 69 valence electrons. The zero-order chi connectivity index (χ0) is 9.40. The molecular formula is C12H21. The van der Waals surface area contributed by atoms with Crippen LogP contribution in [0.1, 0.15) is 32.6 Å². The fraction of sp³-hybridized carbons (Fsp3) is 0.583. The summed E-state index contributed by atoms with van der Waals surface area (Å²) >= 11 is 0. The van der Waals surface area contributed by atoms with Gasteiger partial charge in [0.15, 0.2) is 0 Å². The molecule has 0 fully saturated rings. The highest BCUT2D eigenvalue weighted by molar-refractivity contribution is 4.77. The summed E-state index contributed by atoms with van der Waals surface area (Å²) in [7, 11) is 0. The van der Waals surface area contributed by atoms with E-state index in [0.717, 1.165) is 18.8 Å². The highest BCUT2D eigenvalue weighted by Gasteiger charge is 2.06. The highest BCUT2D eigenvalue weighted by atomic mass is 14.1. The van der Waals surface area contributed by atoms with Crippen LogP contribution in [-0.4, -0.2) is 0 Å². The van der Waals surface area contributed by atoms with Crippen LogP contribution in [0.5, 0.6) is 0 Å². The van der Waals surface area contributed by atoms with Gasteiger partial charge in [-0.25, -0.2) is 0 Å². The van der Waals surface area contributed by atoms with Crippen molar-refractivity contribution >= 4 is 0 Å². The summed E-state index contributed by atoms with van der Waals surface area (Å²) < 4.78 is 0. The largest absolute Gasteiger partial charge is 0.103 e. The van der Waals surface area contributed by atoms with Crippen molar-refractivity contribution in [2.75, 3.05) is 0 Å². The molecule has 0 rings (SSSR count). The second-order valence-corrected chi connectivity index (χ2v) is 3.60. The molecule has 0 aliphatic carbocycles. The maximum atomic E-state index is 4.08. The van der Waals surface area contributed by atoms with Crippen molar-refractivity contribution < 1.29 is 0 Å². The standard InChI is InChI=1S/C12H21/c1-5-7-9-12(4)10-11(3)8-6-2/h5-6,11-12H,1-3,7-10H2,4H3. The Kier molecular flexibility index (Phi) is 6.84. The average molecular weight is 165 g/mol. The van der Waals surface area contributed by atoms with Crippen LogP contribution in [0.25, 0.3) is 0 Å². The third-order valence-electron chi connectivity index (χ3n) is 2.10. The van der Waals surface area contributed by atoms with E-state index < -0.39 is 0 Å². The van der Waals surface area contributed by atoms with Crippen molar-refractivity contribution in [2.45, 2.75) is 32.6 Å². The number of hydrogen-bond acceptors (Lipinski definition) is 0. The lowest BCUT2D eigenvalue weighted by Crippen LogP contribution is -2.02. The summed E-state index contributed by atoms with van der Waals surface area (Å²) in [5.41, 5.74) is 0. The molecule has 0 saturated heterocycles. The Labute approximate surface area is 77.4 Å². The van der Waals surface area contributed by atoms with Crippen molar-refractivity contribution in [3.63, 3.8) is 0 Å². The number of allylic oxidation sites excluding steroid dienone is 2. The van der Waals surface area contributed by atoms with Gasteiger partial charge >= 0.3 is 0 Å². The summed E-state index contributed by atoms with van der Waals surface area (Å²) in [6.07, 6.45) is 8.56. The van der Waals surface area contributed by atoms with Crippen LogP contribution in [-0.2, 0) is 0 Å². The quantitative estimate of drug-likeness (QED) is 0.500. The lowest BCUT2D eigenvalue weighted by atomic mass is 9.92. The molecule has 1 radical (unpaired) electrons. The van der Waals surface area contributed by atoms with Crippen molar-refractivity contribution in [1.82, 2.24) is 0 Å². The minimum atomic E-state index is 0.544. The lowest BCUT2D eigenvalue weighted by Gasteiger charge is -2.14. The Hall–Kier alpha value is -0.520. The van der Waals surface area contributed by atoms with Gasteiger partial charge in [0.1, 0.15) is 0 Å². The van der Waals surface area contributed by atoms with Crippen molar-refractivity contribution in [3.05, 3.63) is 32.2 Å². The molecule has 0 saturated carbocycles. The first-order valence-corrected chi connectivity index (χ1v) is 4.75. The summed E-state index contributed by atoms with van der Waals surface area (Å²) in [5.74, 6) is 1.31. The molecule has 12 heavy (non-hydrogen) atoms. The molecule has 2 atom stereocenters. The first-order chi connectivity index (χ1) is 5.70. The summed E-state index contributed by atoms with van der Waals surface area (Å²) in [6, 6.07) is 0. The van der Waals surface area contributed by atoms with E-state index in [1.165, 1.54) is 12.8 Å². The molecular weight excluding hydrogens is 144 g/mol. The molecule has 0 heteroatoms. The minimum absolute atomic E-state index is 0.544. The zero-order valence-corrected chi connectivity index (χ0v) is 8.26. The molecule has 0 aliphatic heterocycles. The van der Waals surface area contributed by atoms with E-state index in [-0.39, 0.29) is 0 Å². The van der Waals surface area contributed by atoms with Crippen LogP contribution in [0, 0.1) is 18.8 Å². The van der Waals surface area contributed by atoms with Gasteiger partial charge in [-0.05, 0) is 44.4 Å². The van der Waals surface area contributed by atoms with Crippen molar-refractivity contribution in [1.29, 1.82) is 0 Å². The normalized spacial score (nSPS) is 15.2. The van der Waals surface area contributed by atoms with Gasteiger partial charge in [-0.3, -0.25) is 0 Å². The Morgan fingerprint density at radius 2 is 1.92 bits per heavy atom. The van der Waals surface area contributed by atoms with Crippen LogP contribution in [0.3, 0.4) is 0 Å². The maximum Gasteiger partial charge on any atom is -0.0325 e. The van der Waals surface area contributed by atoms with Crippen LogP contribution in [0.2, 0.25) is 0 Å². The van der Waals surface area contributed by atoms with Crippen LogP contribution >= 0.6 is 0 Å². The third-order valence-corrected chi connectivity index (χ3v) is 2.10. The topological polar surface area (TPSA) is 0 Å². The zero-order valence-electron chi connectivity index (χ0n) is 8.26. The van der Waals surface area contributed by atoms with E-state index in [0.29, 0.717) is 5.92 Å². The Bertz CT molecular complexity index is 124. The average Bonchev–Trinajstić information content (AvgIpc) is 2.01. The van der Waals surface area contributed by atoms with Gasteiger partial charge in [0.2, 0.25) is 0 Å². The summed E-state index contributed by atoms with van der Waals surface area (Å²) in [5, 5.41) is 0. The van der Waals surface area contributed by atoms with E-state index in [9.17, 15) is 0 Å². The molecule has 0 aromatic rings. The van der Waals surface area contributed by atoms with E-state index >= 15 is 0 Å². The summed E-state index contributed by atoms with van der Waals surface area (Å²) in [6.45, 7) is 13.8. The van der Waals surface area contributed by atoms with E-state index in [4.69, 9.17) is 0 Å². The van der Waals surface area contributed by atoms with E-state index in [1.807, 2.05) is 12.2 Å². The predicted molar refractivity (Wildman–Crippen MR) is 56.9 cm³/mol.